The molecular formula is C15H22O2. The largest absolute Gasteiger partial charge is 0.493 e. The minimum atomic E-state index is -0.169. The van der Waals surface area contributed by atoms with E-state index in [1.807, 2.05) is 13.8 Å². The van der Waals surface area contributed by atoms with E-state index in [0.717, 1.165) is 12.2 Å². The molecule has 94 valence electrons. The van der Waals surface area contributed by atoms with Crippen LogP contribution in [0.1, 0.15) is 37.8 Å². The Labute approximate surface area is 104 Å². The fourth-order valence-electron chi connectivity index (χ4n) is 2.20. The van der Waals surface area contributed by atoms with Gasteiger partial charge in [-0.1, -0.05) is 26.0 Å². The number of hydrogen-bond donors (Lipinski definition) is 1. The first-order valence-electron chi connectivity index (χ1n) is 6.47. The SMILES string of the molecule is CC(C)(CO)COc1cccc2c1CCCC2. The van der Waals surface area contributed by atoms with Crippen molar-refractivity contribution in [2.24, 2.45) is 5.41 Å². The van der Waals surface area contributed by atoms with Crippen LogP contribution in [0.2, 0.25) is 0 Å². The zero-order chi connectivity index (χ0) is 12.3. The Bertz CT molecular complexity index is 383. The summed E-state index contributed by atoms with van der Waals surface area (Å²) in [5.74, 6) is 1.02. The van der Waals surface area contributed by atoms with Crippen molar-refractivity contribution >= 4 is 0 Å². The van der Waals surface area contributed by atoms with Gasteiger partial charge in [0.15, 0.2) is 0 Å². The first kappa shape index (κ1) is 12.4. The molecule has 1 aromatic carbocycles. The summed E-state index contributed by atoms with van der Waals surface area (Å²) in [6.45, 7) is 4.76. The van der Waals surface area contributed by atoms with Crippen LogP contribution in [-0.4, -0.2) is 18.3 Å². The van der Waals surface area contributed by atoms with Crippen LogP contribution in [0.15, 0.2) is 18.2 Å². The molecule has 2 nitrogen and oxygen atoms in total. The third kappa shape index (κ3) is 3.01. The van der Waals surface area contributed by atoms with Crippen molar-refractivity contribution in [3.8, 4) is 5.75 Å². The maximum Gasteiger partial charge on any atom is 0.122 e. The Balaban J connectivity index is 2.11. The molecule has 0 aliphatic heterocycles. The number of aliphatic hydroxyl groups is 1. The Hall–Kier alpha value is -1.02. The fraction of sp³-hybridized carbons (Fsp3) is 0.600. The lowest BCUT2D eigenvalue weighted by atomic mass is 9.91. The minimum absolute atomic E-state index is 0.155. The standard InChI is InChI=1S/C15H22O2/c1-15(2,10-16)11-17-14-9-5-7-12-6-3-4-8-13(12)14/h5,7,9,16H,3-4,6,8,10-11H2,1-2H3. The van der Waals surface area contributed by atoms with Crippen molar-refractivity contribution in [3.63, 3.8) is 0 Å². The lowest BCUT2D eigenvalue weighted by molar-refractivity contribution is 0.0969. The predicted molar refractivity (Wildman–Crippen MR) is 69.4 cm³/mol. The van der Waals surface area contributed by atoms with Gasteiger partial charge in [-0.25, -0.2) is 0 Å². The van der Waals surface area contributed by atoms with Gasteiger partial charge >= 0.3 is 0 Å². The minimum Gasteiger partial charge on any atom is -0.493 e. The van der Waals surface area contributed by atoms with Crippen molar-refractivity contribution < 1.29 is 9.84 Å². The summed E-state index contributed by atoms with van der Waals surface area (Å²) in [6, 6.07) is 6.33. The highest BCUT2D eigenvalue weighted by atomic mass is 16.5. The van der Waals surface area contributed by atoms with Gasteiger partial charge in [0.25, 0.3) is 0 Å². The molecule has 17 heavy (non-hydrogen) atoms. The number of benzene rings is 1. The van der Waals surface area contributed by atoms with E-state index in [1.54, 1.807) is 0 Å². The molecule has 1 aliphatic carbocycles. The van der Waals surface area contributed by atoms with Crippen molar-refractivity contribution in [1.29, 1.82) is 0 Å². The monoisotopic (exact) mass is 234 g/mol. The van der Waals surface area contributed by atoms with E-state index in [2.05, 4.69) is 18.2 Å². The van der Waals surface area contributed by atoms with E-state index >= 15 is 0 Å². The molecular weight excluding hydrogens is 212 g/mol. The van der Waals surface area contributed by atoms with E-state index < -0.39 is 0 Å². The van der Waals surface area contributed by atoms with Crippen LogP contribution in [-0.2, 0) is 12.8 Å². The second-order valence-electron chi connectivity index (χ2n) is 5.71. The third-order valence-corrected chi connectivity index (χ3v) is 3.40. The molecule has 0 atom stereocenters. The Morgan fingerprint density at radius 3 is 2.76 bits per heavy atom. The van der Waals surface area contributed by atoms with Gasteiger partial charge in [-0.3, -0.25) is 0 Å². The quantitative estimate of drug-likeness (QED) is 0.868. The van der Waals surface area contributed by atoms with Gasteiger partial charge in [-0.2, -0.15) is 0 Å². The molecule has 0 unspecified atom stereocenters. The van der Waals surface area contributed by atoms with Crippen LogP contribution in [0.25, 0.3) is 0 Å². The number of aryl methyl sites for hydroxylation is 1. The summed E-state index contributed by atoms with van der Waals surface area (Å²) < 4.78 is 5.90. The highest BCUT2D eigenvalue weighted by Crippen LogP contribution is 2.30. The number of ether oxygens (including phenoxy) is 1. The summed E-state index contributed by atoms with van der Waals surface area (Å²) in [5.41, 5.74) is 2.65. The summed E-state index contributed by atoms with van der Waals surface area (Å²) in [7, 11) is 0. The van der Waals surface area contributed by atoms with Crippen LogP contribution in [0.3, 0.4) is 0 Å². The van der Waals surface area contributed by atoms with Gasteiger partial charge in [-0.15, -0.1) is 0 Å². The Morgan fingerprint density at radius 1 is 1.24 bits per heavy atom. The van der Waals surface area contributed by atoms with Gasteiger partial charge in [0, 0.05) is 5.41 Å². The van der Waals surface area contributed by atoms with Gasteiger partial charge in [0.05, 0.1) is 13.2 Å². The molecule has 0 aromatic heterocycles. The molecule has 0 spiro atoms. The highest BCUT2D eigenvalue weighted by molar-refractivity contribution is 5.41. The van der Waals surface area contributed by atoms with Crippen molar-refractivity contribution in [2.75, 3.05) is 13.2 Å². The first-order valence-corrected chi connectivity index (χ1v) is 6.47. The molecule has 0 amide bonds. The van der Waals surface area contributed by atoms with Crippen molar-refractivity contribution in [2.45, 2.75) is 39.5 Å². The molecule has 0 bridgehead atoms. The van der Waals surface area contributed by atoms with Crippen molar-refractivity contribution in [3.05, 3.63) is 29.3 Å². The number of aliphatic hydroxyl groups excluding tert-OH is 1. The molecule has 1 aromatic rings. The average Bonchev–Trinajstić information content (AvgIpc) is 2.36. The van der Waals surface area contributed by atoms with E-state index in [9.17, 15) is 5.11 Å². The van der Waals surface area contributed by atoms with E-state index in [1.165, 1.54) is 30.4 Å². The zero-order valence-corrected chi connectivity index (χ0v) is 10.8. The van der Waals surface area contributed by atoms with E-state index in [0.29, 0.717) is 6.61 Å². The normalized spacial score (nSPS) is 15.5. The molecule has 2 rings (SSSR count). The summed E-state index contributed by atoms with van der Waals surface area (Å²) >= 11 is 0. The lowest BCUT2D eigenvalue weighted by Gasteiger charge is -2.25. The zero-order valence-electron chi connectivity index (χ0n) is 10.8. The molecule has 2 heteroatoms. The van der Waals surface area contributed by atoms with Gasteiger partial charge in [-0.05, 0) is 42.9 Å². The average molecular weight is 234 g/mol. The topological polar surface area (TPSA) is 29.5 Å². The van der Waals surface area contributed by atoms with Crippen molar-refractivity contribution in [1.82, 2.24) is 0 Å². The van der Waals surface area contributed by atoms with Crippen LogP contribution in [0.5, 0.6) is 5.75 Å². The smallest absolute Gasteiger partial charge is 0.122 e. The fourth-order valence-corrected chi connectivity index (χ4v) is 2.20. The molecule has 0 fully saturated rings. The maximum atomic E-state index is 9.23. The maximum absolute atomic E-state index is 9.23. The van der Waals surface area contributed by atoms with Gasteiger partial charge in [0.2, 0.25) is 0 Å². The second kappa shape index (κ2) is 5.09. The Kier molecular flexibility index (Phi) is 3.72. The van der Waals surface area contributed by atoms with Crippen LogP contribution in [0, 0.1) is 5.41 Å². The molecule has 0 saturated carbocycles. The van der Waals surface area contributed by atoms with Crippen LogP contribution >= 0.6 is 0 Å². The van der Waals surface area contributed by atoms with Gasteiger partial charge in [0.1, 0.15) is 5.75 Å². The molecule has 0 saturated heterocycles. The lowest BCUT2D eigenvalue weighted by Crippen LogP contribution is -2.25. The summed E-state index contributed by atoms with van der Waals surface area (Å²) in [6.07, 6.45) is 4.86. The van der Waals surface area contributed by atoms with Crippen LogP contribution in [0.4, 0.5) is 0 Å². The predicted octanol–water partition coefficient (Wildman–Crippen LogP) is 2.96. The molecule has 1 aliphatic rings. The summed E-state index contributed by atoms with van der Waals surface area (Å²) in [5, 5.41) is 9.23. The molecule has 1 N–H and O–H groups in total. The third-order valence-electron chi connectivity index (χ3n) is 3.40. The highest BCUT2D eigenvalue weighted by Gasteiger charge is 2.19. The molecule has 0 heterocycles. The summed E-state index contributed by atoms with van der Waals surface area (Å²) in [4.78, 5) is 0. The number of hydrogen-bond acceptors (Lipinski definition) is 2. The second-order valence-corrected chi connectivity index (χ2v) is 5.71. The van der Waals surface area contributed by atoms with E-state index in [4.69, 9.17) is 4.74 Å². The number of fused-ring (bicyclic) bond motifs is 1. The van der Waals surface area contributed by atoms with Gasteiger partial charge < -0.3 is 9.84 Å². The van der Waals surface area contributed by atoms with E-state index in [-0.39, 0.29) is 12.0 Å². The van der Waals surface area contributed by atoms with Crippen LogP contribution < -0.4 is 4.74 Å². The molecule has 0 radical (unpaired) electrons. The Morgan fingerprint density at radius 2 is 2.00 bits per heavy atom. The number of rotatable bonds is 4. The first-order chi connectivity index (χ1) is 8.12.